The van der Waals surface area contributed by atoms with Crippen molar-refractivity contribution >= 4 is 28.4 Å². The molecular formula is C24H29N7O2. The van der Waals surface area contributed by atoms with E-state index in [1.165, 1.54) is 0 Å². The Hall–Kier alpha value is -3.72. The Morgan fingerprint density at radius 1 is 1.12 bits per heavy atom. The molecule has 0 unspecified atom stereocenters. The van der Waals surface area contributed by atoms with Crippen LogP contribution in [0.25, 0.3) is 22.0 Å². The molecule has 2 N–H and O–H groups in total. The summed E-state index contributed by atoms with van der Waals surface area (Å²) in [4.78, 5) is 13.6. The molecule has 0 fully saturated rings. The fourth-order valence-electron chi connectivity index (χ4n) is 3.48. The summed E-state index contributed by atoms with van der Waals surface area (Å²) in [5, 5.41) is 11.9. The average Bonchev–Trinajstić information content (AvgIpc) is 3.15. The van der Waals surface area contributed by atoms with Crippen LogP contribution in [0.2, 0.25) is 0 Å². The minimum absolute atomic E-state index is 0.334. The molecule has 0 saturated carbocycles. The van der Waals surface area contributed by atoms with E-state index in [0.29, 0.717) is 24.1 Å². The van der Waals surface area contributed by atoms with E-state index in [4.69, 9.17) is 14.5 Å². The summed E-state index contributed by atoms with van der Waals surface area (Å²) in [6.07, 6.45) is 5.51. The van der Waals surface area contributed by atoms with Crippen molar-refractivity contribution in [3.8, 4) is 16.9 Å². The standard InChI is InChI=1S/C24H29N7O2/c1-15-18(13-31(4)30-15)16-7-8-19(20(11-16)32-5)28-23-26-12-17-9-10-25-22(21(17)29-23)27-14-24(2,3)33-6/h7-13H,14H2,1-6H3,(H,25,27)(H,26,28,29). The number of ether oxygens (including phenoxy) is 2. The zero-order chi connectivity index (χ0) is 23.6. The Balaban J connectivity index is 1.63. The molecule has 0 spiro atoms. The van der Waals surface area contributed by atoms with E-state index in [1.807, 2.05) is 58.3 Å². The smallest absolute Gasteiger partial charge is 0.227 e. The third kappa shape index (κ3) is 4.88. The van der Waals surface area contributed by atoms with E-state index in [2.05, 4.69) is 25.7 Å². The zero-order valence-electron chi connectivity index (χ0n) is 19.8. The Morgan fingerprint density at radius 2 is 1.94 bits per heavy atom. The summed E-state index contributed by atoms with van der Waals surface area (Å²) >= 11 is 0. The largest absolute Gasteiger partial charge is 0.495 e. The molecule has 33 heavy (non-hydrogen) atoms. The highest BCUT2D eigenvalue weighted by Gasteiger charge is 2.17. The van der Waals surface area contributed by atoms with Crippen LogP contribution >= 0.6 is 0 Å². The number of nitrogens with zero attached hydrogens (tertiary/aromatic N) is 5. The second-order valence-electron chi connectivity index (χ2n) is 8.45. The van der Waals surface area contributed by atoms with Crippen LogP contribution in [-0.4, -0.2) is 51.1 Å². The van der Waals surface area contributed by atoms with Gasteiger partial charge in [0.15, 0.2) is 5.82 Å². The minimum Gasteiger partial charge on any atom is -0.495 e. The lowest BCUT2D eigenvalue weighted by atomic mass is 10.1. The molecule has 0 atom stereocenters. The summed E-state index contributed by atoms with van der Waals surface area (Å²) < 4.78 is 12.9. The van der Waals surface area contributed by atoms with Crippen LogP contribution in [0.15, 0.2) is 42.9 Å². The lowest BCUT2D eigenvalue weighted by molar-refractivity contribution is 0.0343. The molecule has 0 amide bonds. The first-order chi connectivity index (χ1) is 15.8. The molecule has 3 heterocycles. The third-order valence-corrected chi connectivity index (χ3v) is 5.51. The van der Waals surface area contributed by atoms with Crippen LogP contribution in [-0.2, 0) is 11.8 Å². The second-order valence-corrected chi connectivity index (χ2v) is 8.45. The first-order valence-electron chi connectivity index (χ1n) is 10.7. The highest BCUT2D eigenvalue weighted by Crippen LogP contribution is 2.33. The van der Waals surface area contributed by atoms with Gasteiger partial charge >= 0.3 is 0 Å². The highest BCUT2D eigenvalue weighted by atomic mass is 16.5. The molecule has 1 aromatic carbocycles. The summed E-state index contributed by atoms with van der Waals surface area (Å²) in [6.45, 7) is 6.60. The van der Waals surface area contributed by atoms with E-state index in [-0.39, 0.29) is 5.60 Å². The SMILES string of the molecule is COc1cc(-c2cn(C)nc2C)ccc1Nc1ncc2ccnc(NCC(C)(C)OC)c2n1. The van der Waals surface area contributed by atoms with Crippen molar-refractivity contribution < 1.29 is 9.47 Å². The van der Waals surface area contributed by atoms with Gasteiger partial charge in [0.2, 0.25) is 5.95 Å². The van der Waals surface area contributed by atoms with Gasteiger partial charge in [-0.2, -0.15) is 5.10 Å². The number of methoxy groups -OCH3 is 2. The fraction of sp³-hybridized carbons (Fsp3) is 0.333. The van der Waals surface area contributed by atoms with Crippen molar-refractivity contribution in [1.82, 2.24) is 24.7 Å². The number of benzene rings is 1. The van der Waals surface area contributed by atoms with E-state index < -0.39 is 0 Å². The number of nitrogens with one attached hydrogen (secondary N) is 2. The van der Waals surface area contributed by atoms with E-state index in [0.717, 1.165) is 33.4 Å². The number of anilines is 3. The number of hydrogen-bond acceptors (Lipinski definition) is 8. The predicted molar refractivity (Wildman–Crippen MR) is 130 cm³/mol. The van der Waals surface area contributed by atoms with Gasteiger partial charge in [-0.25, -0.2) is 15.0 Å². The summed E-state index contributed by atoms with van der Waals surface area (Å²) in [5.41, 5.74) is 4.20. The predicted octanol–water partition coefficient (Wildman–Crippen LogP) is 4.32. The van der Waals surface area contributed by atoms with Gasteiger partial charge in [0.05, 0.1) is 24.1 Å². The van der Waals surface area contributed by atoms with Crippen LogP contribution in [0.5, 0.6) is 5.75 Å². The lowest BCUT2D eigenvalue weighted by Crippen LogP contribution is -2.32. The fourth-order valence-corrected chi connectivity index (χ4v) is 3.48. The van der Waals surface area contributed by atoms with Crippen LogP contribution in [0, 0.1) is 6.92 Å². The average molecular weight is 448 g/mol. The minimum atomic E-state index is -0.334. The van der Waals surface area contributed by atoms with Crippen molar-refractivity contribution in [2.75, 3.05) is 31.4 Å². The Bertz CT molecular complexity index is 1280. The maximum absolute atomic E-state index is 5.64. The summed E-state index contributed by atoms with van der Waals surface area (Å²) in [6, 6.07) is 7.85. The van der Waals surface area contributed by atoms with Crippen molar-refractivity contribution in [3.63, 3.8) is 0 Å². The van der Waals surface area contributed by atoms with Gasteiger partial charge in [0.25, 0.3) is 0 Å². The van der Waals surface area contributed by atoms with Gasteiger partial charge in [-0.05, 0) is 44.5 Å². The molecule has 9 nitrogen and oxygen atoms in total. The van der Waals surface area contributed by atoms with E-state index in [9.17, 15) is 0 Å². The maximum atomic E-state index is 5.64. The van der Waals surface area contributed by atoms with Crippen LogP contribution in [0.4, 0.5) is 17.5 Å². The van der Waals surface area contributed by atoms with E-state index in [1.54, 1.807) is 31.3 Å². The zero-order valence-corrected chi connectivity index (χ0v) is 19.8. The van der Waals surface area contributed by atoms with Gasteiger partial charge in [-0.15, -0.1) is 0 Å². The Kier molecular flexibility index (Phi) is 6.15. The summed E-state index contributed by atoms with van der Waals surface area (Å²) in [5.74, 6) is 1.82. The molecule has 0 aliphatic carbocycles. The molecule has 4 rings (SSSR count). The Morgan fingerprint density at radius 3 is 2.64 bits per heavy atom. The van der Waals surface area contributed by atoms with Crippen molar-refractivity contribution in [2.45, 2.75) is 26.4 Å². The lowest BCUT2D eigenvalue weighted by Gasteiger charge is -2.23. The van der Waals surface area contributed by atoms with Gasteiger partial charge in [0.1, 0.15) is 11.3 Å². The molecule has 0 radical (unpaired) electrons. The van der Waals surface area contributed by atoms with Gasteiger partial charge in [-0.3, -0.25) is 4.68 Å². The topological polar surface area (TPSA) is 99.0 Å². The third-order valence-electron chi connectivity index (χ3n) is 5.51. The van der Waals surface area contributed by atoms with Crippen molar-refractivity contribution in [1.29, 1.82) is 0 Å². The normalized spacial score (nSPS) is 11.6. The van der Waals surface area contributed by atoms with E-state index >= 15 is 0 Å². The number of fused-ring (bicyclic) bond motifs is 1. The van der Waals surface area contributed by atoms with Gasteiger partial charge in [0, 0.05) is 50.2 Å². The molecule has 0 aliphatic heterocycles. The number of pyridine rings is 1. The van der Waals surface area contributed by atoms with Crippen LogP contribution in [0.1, 0.15) is 19.5 Å². The summed E-state index contributed by atoms with van der Waals surface area (Å²) in [7, 11) is 5.25. The monoisotopic (exact) mass is 447 g/mol. The number of aryl methyl sites for hydroxylation is 2. The molecule has 9 heteroatoms. The van der Waals surface area contributed by atoms with Crippen molar-refractivity contribution in [3.05, 3.63) is 48.5 Å². The van der Waals surface area contributed by atoms with Gasteiger partial charge < -0.3 is 20.1 Å². The first-order valence-corrected chi connectivity index (χ1v) is 10.7. The maximum Gasteiger partial charge on any atom is 0.227 e. The molecule has 0 bridgehead atoms. The number of aromatic nitrogens is 5. The molecule has 172 valence electrons. The quantitative estimate of drug-likeness (QED) is 0.412. The van der Waals surface area contributed by atoms with Crippen LogP contribution in [0.3, 0.4) is 0 Å². The van der Waals surface area contributed by atoms with Crippen molar-refractivity contribution in [2.24, 2.45) is 7.05 Å². The molecular weight excluding hydrogens is 418 g/mol. The first kappa shape index (κ1) is 22.5. The van der Waals surface area contributed by atoms with Gasteiger partial charge in [-0.1, -0.05) is 6.07 Å². The molecule has 0 aliphatic rings. The highest BCUT2D eigenvalue weighted by molar-refractivity contribution is 5.88. The molecule has 3 aromatic heterocycles. The molecule has 0 saturated heterocycles. The van der Waals surface area contributed by atoms with Crippen LogP contribution < -0.4 is 15.4 Å². The molecule has 4 aromatic rings. The Labute approximate surface area is 193 Å². The number of hydrogen-bond donors (Lipinski definition) is 2. The second kappa shape index (κ2) is 9.03. The number of rotatable bonds is 8.